The van der Waals surface area contributed by atoms with Gasteiger partial charge in [-0.1, -0.05) is 0 Å². The summed E-state index contributed by atoms with van der Waals surface area (Å²) in [5.74, 6) is 3.81. The topological polar surface area (TPSA) is 136 Å². The van der Waals surface area contributed by atoms with Crippen LogP contribution in [0.15, 0.2) is 6.07 Å². The molecule has 12 heteroatoms. The summed E-state index contributed by atoms with van der Waals surface area (Å²) in [7, 11) is -3.72. The highest BCUT2D eigenvalue weighted by Gasteiger charge is 2.33. The lowest BCUT2D eigenvalue weighted by Crippen LogP contribution is -2.23. The summed E-state index contributed by atoms with van der Waals surface area (Å²) in [6.45, 7) is -0.197. The minimum absolute atomic E-state index is 0.197. The summed E-state index contributed by atoms with van der Waals surface area (Å²) in [5.41, 5.74) is 0.667. The lowest BCUT2D eigenvalue weighted by molar-refractivity contribution is -0.141. The second kappa shape index (κ2) is 5.54. The van der Waals surface area contributed by atoms with Crippen LogP contribution >= 0.6 is 0 Å². The number of hydrazine groups is 1. The van der Waals surface area contributed by atoms with Gasteiger partial charge in [-0.25, -0.2) is 24.4 Å². The van der Waals surface area contributed by atoms with E-state index in [0.717, 1.165) is 0 Å². The van der Waals surface area contributed by atoms with Gasteiger partial charge in [-0.05, 0) is 0 Å². The van der Waals surface area contributed by atoms with Crippen LogP contribution in [-0.2, 0) is 16.2 Å². The van der Waals surface area contributed by atoms with Crippen LogP contribution in [0.25, 0.3) is 0 Å². The lowest BCUT2D eigenvalue weighted by Gasteiger charge is -2.11. The van der Waals surface area contributed by atoms with Gasteiger partial charge in [0.25, 0.3) is 0 Å². The largest absolute Gasteiger partial charge is 0.433 e. The second-order valence-electron chi connectivity index (χ2n) is 3.40. The zero-order valence-corrected chi connectivity index (χ0v) is 10.2. The van der Waals surface area contributed by atoms with Crippen molar-refractivity contribution < 1.29 is 21.6 Å². The number of nitrogen functional groups attached to an aromatic ring is 1. The maximum absolute atomic E-state index is 12.5. The molecule has 8 nitrogen and oxygen atoms in total. The molecule has 6 N–H and O–H groups in total. The van der Waals surface area contributed by atoms with Crippen LogP contribution in [0.4, 0.5) is 24.9 Å². The van der Waals surface area contributed by atoms with Crippen LogP contribution < -0.4 is 21.7 Å². The predicted molar refractivity (Wildman–Crippen MR) is 61.3 cm³/mol. The molecule has 19 heavy (non-hydrogen) atoms. The number of nitrogens with two attached hydrogens (primary N) is 2. The first-order chi connectivity index (χ1) is 8.62. The molecule has 1 heterocycles. The molecule has 0 fully saturated rings. The molecule has 0 saturated carbocycles. The fourth-order valence-electron chi connectivity index (χ4n) is 1.07. The molecule has 1 aromatic rings. The number of sulfonamides is 1. The van der Waals surface area contributed by atoms with E-state index in [4.69, 9.17) is 11.0 Å². The van der Waals surface area contributed by atoms with Gasteiger partial charge in [0.2, 0.25) is 16.0 Å². The van der Waals surface area contributed by atoms with E-state index < -0.39 is 33.6 Å². The molecule has 108 valence electrons. The van der Waals surface area contributed by atoms with Crippen LogP contribution in [0.5, 0.6) is 0 Å². The van der Waals surface area contributed by atoms with Crippen LogP contribution in [0, 0.1) is 0 Å². The standard InChI is InChI=1S/C7H11F3N6O2S/c8-7(9,10)4-3-5(15-6(14-4)16-11)13-1-2-19(12,17)18/h3H,1-2,11H2,(H2,12,17,18)(H2,13,14,15,16). The lowest BCUT2D eigenvalue weighted by atomic mass is 10.4. The highest BCUT2D eigenvalue weighted by molar-refractivity contribution is 7.89. The number of hydrogen-bond donors (Lipinski definition) is 4. The molecule has 0 atom stereocenters. The Labute approximate surface area is 106 Å². The van der Waals surface area contributed by atoms with Crippen molar-refractivity contribution in [2.24, 2.45) is 11.0 Å². The fraction of sp³-hybridized carbons (Fsp3) is 0.429. The number of anilines is 2. The SMILES string of the molecule is NNc1nc(NCCS(N)(=O)=O)cc(C(F)(F)F)n1. The van der Waals surface area contributed by atoms with Crippen molar-refractivity contribution in [1.82, 2.24) is 9.97 Å². The number of nitrogens with zero attached hydrogens (tertiary/aromatic N) is 2. The van der Waals surface area contributed by atoms with E-state index in [9.17, 15) is 21.6 Å². The molecular formula is C7H11F3N6O2S. The number of nitrogens with one attached hydrogen (secondary N) is 2. The highest BCUT2D eigenvalue weighted by Crippen LogP contribution is 2.29. The van der Waals surface area contributed by atoms with Crippen molar-refractivity contribution in [2.75, 3.05) is 23.0 Å². The molecule has 0 amide bonds. The Morgan fingerprint density at radius 2 is 1.95 bits per heavy atom. The van der Waals surface area contributed by atoms with Crippen LogP contribution in [0.3, 0.4) is 0 Å². The fourth-order valence-corrected chi connectivity index (χ4v) is 1.46. The van der Waals surface area contributed by atoms with Crippen molar-refractivity contribution in [2.45, 2.75) is 6.18 Å². The third-order valence-corrected chi connectivity index (χ3v) is 2.61. The van der Waals surface area contributed by atoms with Gasteiger partial charge in [0.15, 0.2) is 5.69 Å². The summed E-state index contributed by atoms with van der Waals surface area (Å²) >= 11 is 0. The molecule has 0 aromatic carbocycles. The first kappa shape index (κ1) is 15.4. The average Bonchev–Trinajstić information content (AvgIpc) is 2.25. The number of primary sulfonamides is 1. The third kappa shape index (κ3) is 5.23. The van der Waals surface area contributed by atoms with Crippen molar-refractivity contribution in [3.8, 4) is 0 Å². The van der Waals surface area contributed by atoms with E-state index >= 15 is 0 Å². The summed E-state index contributed by atoms with van der Waals surface area (Å²) < 4.78 is 58.8. The first-order valence-corrected chi connectivity index (χ1v) is 6.50. The summed E-state index contributed by atoms with van der Waals surface area (Å²) in [5, 5.41) is 7.12. The highest BCUT2D eigenvalue weighted by atomic mass is 32.2. The van der Waals surface area contributed by atoms with Gasteiger partial charge < -0.3 is 5.32 Å². The molecule has 0 saturated heterocycles. The molecule has 0 unspecified atom stereocenters. The van der Waals surface area contributed by atoms with E-state index in [1.54, 1.807) is 0 Å². The Morgan fingerprint density at radius 1 is 1.32 bits per heavy atom. The Kier molecular flexibility index (Phi) is 4.49. The third-order valence-electron chi connectivity index (χ3n) is 1.84. The summed E-state index contributed by atoms with van der Waals surface area (Å²) in [6, 6.07) is 0.629. The Morgan fingerprint density at radius 3 is 2.42 bits per heavy atom. The van der Waals surface area contributed by atoms with Crippen LogP contribution in [0.1, 0.15) is 5.69 Å². The Balaban J connectivity index is 2.89. The van der Waals surface area contributed by atoms with Gasteiger partial charge in [0.05, 0.1) is 5.75 Å². The van der Waals surface area contributed by atoms with Crippen LogP contribution in [0.2, 0.25) is 0 Å². The van der Waals surface area contributed by atoms with Gasteiger partial charge in [-0.3, -0.25) is 5.43 Å². The second-order valence-corrected chi connectivity index (χ2v) is 5.13. The number of hydrogen-bond acceptors (Lipinski definition) is 7. The van der Waals surface area contributed by atoms with Crippen LogP contribution in [-0.4, -0.2) is 30.7 Å². The zero-order valence-electron chi connectivity index (χ0n) is 9.40. The molecular weight excluding hydrogens is 289 g/mol. The molecule has 0 aliphatic rings. The van der Waals surface area contributed by atoms with Crippen molar-refractivity contribution in [1.29, 1.82) is 0 Å². The average molecular weight is 300 g/mol. The van der Waals surface area contributed by atoms with Gasteiger partial charge in [-0.15, -0.1) is 0 Å². The van der Waals surface area contributed by atoms with Gasteiger partial charge in [0, 0.05) is 12.6 Å². The number of rotatable bonds is 5. The normalized spacial score (nSPS) is 12.3. The molecule has 0 spiro atoms. The quantitative estimate of drug-likeness (QED) is 0.424. The molecule has 0 aliphatic heterocycles. The van der Waals surface area contributed by atoms with Crippen molar-refractivity contribution in [3.05, 3.63) is 11.8 Å². The molecule has 0 aliphatic carbocycles. The van der Waals surface area contributed by atoms with Crippen molar-refractivity contribution >= 4 is 21.8 Å². The molecule has 0 bridgehead atoms. The minimum Gasteiger partial charge on any atom is -0.369 e. The maximum Gasteiger partial charge on any atom is 0.433 e. The van der Waals surface area contributed by atoms with Gasteiger partial charge >= 0.3 is 6.18 Å². The number of halogens is 3. The Hall–Kier alpha value is -1.66. The smallest absolute Gasteiger partial charge is 0.369 e. The number of alkyl halides is 3. The van der Waals surface area contributed by atoms with E-state index in [1.165, 1.54) is 0 Å². The van der Waals surface area contributed by atoms with E-state index in [2.05, 4.69) is 15.3 Å². The Bertz CT molecular complexity index is 546. The van der Waals surface area contributed by atoms with E-state index in [0.29, 0.717) is 6.07 Å². The zero-order chi connectivity index (χ0) is 14.7. The van der Waals surface area contributed by atoms with Gasteiger partial charge in [-0.2, -0.15) is 18.2 Å². The predicted octanol–water partition coefficient (Wildman–Crippen LogP) is -0.519. The molecule has 1 aromatic heterocycles. The minimum atomic E-state index is -4.68. The summed E-state index contributed by atoms with van der Waals surface area (Å²) in [4.78, 5) is 6.72. The van der Waals surface area contributed by atoms with Crippen molar-refractivity contribution in [3.63, 3.8) is 0 Å². The van der Waals surface area contributed by atoms with E-state index in [1.807, 2.05) is 5.43 Å². The first-order valence-electron chi connectivity index (χ1n) is 4.79. The monoisotopic (exact) mass is 300 g/mol. The van der Waals surface area contributed by atoms with Gasteiger partial charge in [0.1, 0.15) is 5.82 Å². The number of aromatic nitrogens is 2. The van der Waals surface area contributed by atoms with E-state index in [-0.39, 0.29) is 12.4 Å². The maximum atomic E-state index is 12.5. The summed E-state index contributed by atoms with van der Waals surface area (Å²) in [6.07, 6.45) is -4.68. The molecule has 0 radical (unpaired) electrons. The molecule has 1 rings (SSSR count).